The largest absolute Gasteiger partial charge is 0.504 e. The van der Waals surface area contributed by atoms with Crippen LogP contribution < -0.4 is 0 Å². The number of aromatic hydroxyl groups is 2. The number of benzene rings is 1. The first kappa shape index (κ1) is 10.0. The van der Waals surface area contributed by atoms with E-state index in [4.69, 9.17) is 0 Å². The molecule has 0 atom stereocenters. The summed E-state index contributed by atoms with van der Waals surface area (Å²) >= 11 is 0. The number of phenolic OH excluding ortho intramolecular Hbond substituents is 2. The molecule has 0 amide bonds. The molecule has 2 aromatic rings. The van der Waals surface area contributed by atoms with Crippen LogP contribution in [0.5, 0.6) is 11.5 Å². The smallest absolute Gasteiger partial charge is 0.268 e. The van der Waals surface area contributed by atoms with E-state index < -0.39 is 0 Å². The van der Waals surface area contributed by atoms with E-state index in [9.17, 15) is 10.2 Å². The second-order valence-corrected chi connectivity index (χ2v) is 2.89. The van der Waals surface area contributed by atoms with Crippen LogP contribution in [-0.2, 0) is 0 Å². The van der Waals surface area contributed by atoms with Gasteiger partial charge in [-0.1, -0.05) is 6.07 Å². The van der Waals surface area contributed by atoms with Gasteiger partial charge in [0.2, 0.25) is 0 Å². The highest BCUT2D eigenvalue weighted by atomic mass is 16.3. The van der Waals surface area contributed by atoms with Crippen LogP contribution in [0.3, 0.4) is 0 Å². The van der Waals surface area contributed by atoms with Crippen molar-refractivity contribution in [2.45, 2.75) is 0 Å². The number of hydrogen-bond acceptors (Lipinski definition) is 6. The van der Waals surface area contributed by atoms with E-state index in [2.05, 4.69) is 20.2 Å². The van der Waals surface area contributed by atoms with Crippen LogP contribution in [0.25, 0.3) is 0 Å². The van der Waals surface area contributed by atoms with Gasteiger partial charge in [0.05, 0.1) is 0 Å². The van der Waals surface area contributed by atoms with Crippen molar-refractivity contribution in [2.24, 2.45) is 10.2 Å². The molecule has 1 aromatic carbocycles. The molecule has 0 saturated carbocycles. The minimum Gasteiger partial charge on any atom is -0.504 e. The summed E-state index contributed by atoms with van der Waals surface area (Å²) in [5.74, 6) is -0.377. The summed E-state index contributed by atoms with van der Waals surface area (Å²) in [6.07, 6.45) is 3.06. The number of rotatable bonds is 2. The Morgan fingerprint density at radius 2 is 1.69 bits per heavy atom. The number of azo groups is 1. The maximum Gasteiger partial charge on any atom is 0.268 e. The minimum absolute atomic E-state index is 0.160. The Labute approximate surface area is 91.0 Å². The Balaban J connectivity index is 2.28. The first-order valence-corrected chi connectivity index (χ1v) is 4.47. The predicted molar refractivity (Wildman–Crippen MR) is 56.0 cm³/mol. The fourth-order valence-corrected chi connectivity index (χ4v) is 1.04. The van der Waals surface area contributed by atoms with Crippen molar-refractivity contribution >= 4 is 11.6 Å². The third kappa shape index (κ3) is 2.11. The molecule has 0 unspecified atom stereocenters. The summed E-state index contributed by atoms with van der Waals surface area (Å²) < 4.78 is 0. The van der Waals surface area contributed by atoms with Gasteiger partial charge in [-0.25, -0.2) is 9.97 Å². The first-order valence-electron chi connectivity index (χ1n) is 4.47. The molecule has 0 saturated heterocycles. The van der Waals surface area contributed by atoms with Crippen LogP contribution in [0.15, 0.2) is 46.9 Å². The zero-order valence-corrected chi connectivity index (χ0v) is 8.15. The van der Waals surface area contributed by atoms with Gasteiger partial charge in [-0.15, -0.1) is 10.2 Å². The molecule has 6 heteroatoms. The molecule has 0 aliphatic carbocycles. The minimum atomic E-state index is -0.317. The van der Waals surface area contributed by atoms with Crippen molar-refractivity contribution in [2.75, 3.05) is 0 Å². The quantitative estimate of drug-likeness (QED) is 0.595. The summed E-state index contributed by atoms with van der Waals surface area (Å²) in [4.78, 5) is 7.66. The van der Waals surface area contributed by atoms with Crippen LogP contribution in [-0.4, -0.2) is 20.2 Å². The molecular weight excluding hydrogens is 208 g/mol. The second kappa shape index (κ2) is 4.35. The Morgan fingerprint density at radius 3 is 2.44 bits per heavy atom. The average molecular weight is 216 g/mol. The lowest BCUT2D eigenvalue weighted by molar-refractivity contribution is 0.404. The highest BCUT2D eigenvalue weighted by Crippen LogP contribution is 2.35. The molecular formula is C10H8N4O2. The summed E-state index contributed by atoms with van der Waals surface area (Å²) in [6.45, 7) is 0. The molecule has 16 heavy (non-hydrogen) atoms. The summed E-state index contributed by atoms with van der Waals surface area (Å²) in [5.41, 5.74) is 0.160. The molecule has 6 nitrogen and oxygen atoms in total. The lowest BCUT2D eigenvalue weighted by Crippen LogP contribution is -1.75. The third-order valence-electron chi connectivity index (χ3n) is 1.79. The number of hydrogen-bond donors (Lipinski definition) is 2. The topological polar surface area (TPSA) is 91.0 Å². The van der Waals surface area contributed by atoms with Gasteiger partial charge in [0.15, 0.2) is 11.5 Å². The van der Waals surface area contributed by atoms with E-state index in [1.165, 1.54) is 24.5 Å². The Hall–Kier alpha value is -2.50. The molecule has 0 fully saturated rings. The highest BCUT2D eigenvalue weighted by molar-refractivity contribution is 5.57. The average Bonchev–Trinajstić information content (AvgIpc) is 2.32. The van der Waals surface area contributed by atoms with Gasteiger partial charge in [0.1, 0.15) is 5.69 Å². The van der Waals surface area contributed by atoms with E-state index in [0.717, 1.165) is 0 Å². The van der Waals surface area contributed by atoms with Gasteiger partial charge in [0, 0.05) is 12.4 Å². The molecule has 0 bridgehead atoms. The maximum atomic E-state index is 9.43. The van der Waals surface area contributed by atoms with Crippen molar-refractivity contribution in [3.63, 3.8) is 0 Å². The predicted octanol–water partition coefficient (Wildman–Crippen LogP) is 2.30. The normalized spacial score (nSPS) is 10.8. The van der Waals surface area contributed by atoms with Crippen LogP contribution in [0.4, 0.5) is 11.6 Å². The molecule has 0 aliphatic rings. The van der Waals surface area contributed by atoms with Crippen LogP contribution in [0.1, 0.15) is 0 Å². The van der Waals surface area contributed by atoms with E-state index in [0.29, 0.717) is 0 Å². The van der Waals surface area contributed by atoms with Crippen molar-refractivity contribution in [3.05, 3.63) is 36.7 Å². The number of nitrogens with zero attached hydrogens (tertiary/aromatic N) is 4. The van der Waals surface area contributed by atoms with E-state index in [1.807, 2.05) is 0 Å². The van der Waals surface area contributed by atoms with Crippen molar-refractivity contribution in [3.8, 4) is 11.5 Å². The van der Waals surface area contributed by atoms with Gasteiger partial charge >= 0.3 is 0 Å². The molecule has 2 N–H and O–H groups in total. The van der Waals surface area contributed by atoms with Gasteiger partial charge in [0.25, 0.3) is 5.95 Å². The van der Waals surface area contributed by atoms with Gasteiger partial charge in [-0.3, -0.25) is 0 Å². The zero-order chi connectivity index (χ0) is 11.4. The number of phenols is 2. The lowest BCUT2D eigenvalue weighted by atomic mass is 10.3. The lowest BCUT2D eigenvalue weighted by Gasteiger charge is -1.98. The molecule has 0 spiro atoms. The Kier molecular flexibility index (Phi) is 2.73. The molecule has 2 rings (SSSR count). The SMILES string of the molecule is Oc1cccc(N=Nc2ncccn2)c1O. The van der Waals surface area contributed by atoms with Gasteiger partial charge in [-0.05, 0) is 18.2 Å². The second-order valence-electron chi connectivity index (χ2n) is 2.89. The number of para-hydroxylation sites is 1. The highest BCUT2D eigenvalue weighted by Gasteiger charge is 2.04. The number of aromatic nitrogens is 2. The van der Waals surface area contributed by atoms with Crippen LogP contribution >= 0.6 is 0 Å². The van der Waals surface area contributed by atoms with Crippen LogP contribution in [0.2, 0.25) is 0 Å². The van der Waals surface area contributed by atoms with Gasteiger partial charge < -0.3 is 10.2 Å². The zero-order valence-electron chi connectivity index (χ0n) is 8.15. The fraction of sp³-hybridized carbons (Fsp3) is 0. The summed E-state index contributed by atoms with van der Waals surface area (Å²) in [7, 11) is 0. The fourth-order valence-electron chi connectivity index (χ4n) is 1.04. The standard InChI is InChI=1S/C10H8N4O2/c15-8-4-1-3-7(9(8)16)13-14-10-11-5-2-6-12-10/h1-6,15-16H. The van der Waals surface area contributed by atoms with E-state index >= 15 is 0 Å². The Morgan fingerprint density at radius 1 is 0.938 bits per heavy atom. The van der Waals surface area contributed by atoms with Crippen molar-refractivity contribution in [1.29, 1.82) is 0 Å². The molecule has 0 radical (unpaired) electrons. The maximum absolute atomic E-state index is 9.43. The Bertz CT molecular complexity index is 513. The molecule has 1 aromatic heterocycles. The summed E-state index contributed by atoms with van der Waals surface area (Å²) in [6, 6.07) is 6.08. The first-order chi connectivity index (χ1) is 7.77. The van der Waals surface area contributed by atoms with Crippen molar-refractivity contribution < 1.29 is 10.2 Å². The molecule has 0 aliphatic heterocycles. The van der Waals surface area contributed by atoms with Crippen molar-refractivity contribution in [1.82, 2.24) is 9.97 Å². The van der Waals surface area contributed by atoms with E-state index in [-0.39, 0.29) is 23.1 Å². The summed E-state index contributed by atoms with van der Waals surface area (Å²) in [5, 5.41) is 26.1. The van der Waals surface area contributed by atoms with Gasteiger partial charge in [-0.2, -0.15) is 0 Å². The monoisotopic (exact) mass is 216 g/mol. The van der Waals surface area contributed by atoms with E-state index in [1.54, 1.807) is 12.1 Å². The molecule has 80 valence electrons. The van der Waals surface area contributed by atoms with Crippen LogP contribution in [0, 0.1) is 0 Å². The third-order valence-corrected chi connectivity index (χ3v) is 1.79. The molecule has 1 heterocycles.